The van der Waals surface area contributed by atoms with Gasteiger partial charge in [-0.25, -0.2) is 9.37 Å². The first kappa shape index (κ1) is 14.6. The maximum Gasteiger partial charge on any atom is 0.222 e. The maximum absolute atomic E-state index is 13.8. The van der Waals surface area contributed by atoms with Gasteiger partial charge < -0.3 is 15.4 Å². The first-order valence-electron chi connectivity index (χ1n) is 6.17. The molecule has 0 atom stereocenters. The van der Waals surface area contributed by atoms with Crippen molar-refractivity contribution in [3.63, 3.8) is 0 Å². The standard InChI is InChI=1S/C12H21FN4O/c1-4-9(5-2)17(6-7-18-3)11-10(13)8-15-12(14)16-11/h8-9H,4-7H2,1-3H3,(H2,14,15,16). The zero-order valence-corrected chi connectivity index (χ0v) is 11.2. The Morgan fingerprint density at radius 3 is 2.67 bits per heavy atom. The summed E-state index contributed by atoms with van der Waals surface area (Å²) in [7, 11) is 1.62. The van der Waals surface area contributed by atoms with Crippen molar-refractivity contribution in [2.24, 2.45) is 0 Å². The third kappa shape index (κ3) is 3.53. The summed E-state index contributed by atoms with van der Waals surface area (Å²) < 4.78 is 18.9. The number of aromatic nitrogens is 2. The fraction of sp³-hybridized carbons (Fsp3) is 0.667. The number of nitrogen functional groups attached to an aromatic ring is 1. The number of hydrogen-bond acceptors (Lipinski definition) is 5. The molecule has 0 saturated carbocycles. The van der Waals surface area contributed by atoms with Gasteiger partial charge in [0, 0.05) is 19.7 Å². The summed E-state index contributed by atoms with van der Waals surface area (Å²) >= 11 is 0. The van der Waals surface area contributed by atoms with Gasteiger partial charge in [0.2, 0.25) is 5.95 Å². The Morgan fingerprint density at radius 2 is 2.11 bits per heavy atom. The molecule has 6 heteroatoms. The highest BCUT2D eigenvalue weighted by Gasteiger charge is 2.20. The van der Waals surface area contributed by atoms with E-state index in [1.807, 2.05) is 4.90 Å². The predicted octanol–water partition coefficient (Wildman–Crippen LogP) is 1.84. The number of nitrogens with two attached hydrogens (primary N) is 1. The minimum Gasteiger partial charge on any atom is -0.383 e. The van der Waals surface area contributed by atoms with Crippen LogP contribution in [0.15, 0.2) is 6.20 Å². The van der Waals surface area contributed by atoms with Crippen LogP contribution in [-0.4, -0.2) is 36.3 Å². The molecule has 5 nitrogen and oxygen atoms in total. The van der Waals surface area contributed by atoms with Crippen LogP contribution < -0.4 is 10.6 Å². The molecule has 0 saturated heterocycles. The molecule has 0 aliphatic carbocycles. The summed E-state index contributed by atoms with van der Waals surface area (Å²) in [6, 6.07) is 0.212. The van der Waals surface area contributed by atoms with Gasteiger partial charge in [0.25, 0.3) is 0 Å². The number of halogens is 1. The number of anilines is 2. The molecule has 1 aromatic rings. The van der Waals surface area contributed by atoms with Crippen molar-refractivity contribution < 1.29 is 9.13 Å². The van der Waals surface area contributed by atoms with Gasteiger partial charge in [0.05, 0.1) is 12.8 Å². The molecule has 0 spiro atoms. The van der Waals surface area contributed by atoms with Crippen molar-refractivity contribution in [2.45, 2.75) is 32.7 Å². The zero-order valence-electron chi connectivity index (χ0n) is 11.2. The van der Waals surface area contributed by atoms with E-state index in [0.717, 1.165) is 19.0 Å². The van der Waals surface area contributed by atoms with Crippen molar-refractivity contribution in [1.82, 2.24) is 9.97 Å². The van der Waals surface area contributed by atoms with E-state index in [4.69, 9.17) is 10.5 Å². The Kier molecular flexibility index (Phi) is 5.77. The topological polar surface area (TPSA) is 64.3 Å². The van der Waals surface area contributed by atoms with Crippen LogP contribution in [0.5, 0.6) is 0 Å². The Hall–Kier alpha value is -1.43. The van der Waals surface area contributed by atoms with E-state index in [-0.39, 0.29) is 17.8 Å². The molecular weight excluding hydrogens is 235 g/mol. The molecule has 0 bridgehead atoms. The van der Waals surface area contributed by atoms with Crippen LogP contribution in [0.2, 0.25) is 0 Å². The van der Waals surface area contributed by atoms with E-state index in [2.05, 4.69) is 23.8 Å². The molecule has 0 amide bonds. The van der Waals surface area contributed by atoms with Crippen LogP contribution >= 0.6 is 0 Å². The van der Waals surface area contributed by atoms with Crippen LogP contribution in [0.3, 0.4) is 0 Å². The largest absolute Gasteiger partial charge is 0.383 e. The van der Waals surface area contributed by atoms with Crippen molar-refractivity contribution in [1.29, 1.82) is 0 Å². The Bertz CT molecular complexity index is 371. The van der Waals surface area contributed by atoms with Crippen LogP contribution in [0, 0.1) is 5.82 Å². The van der Waals surface area contributed by atoms with Crippen LogP contribution in [-0.2, 0) is 4.74 Å². The Labute approximate surface area is 107 Å². The quantitative estimate of drug-likeness (QED) is 0.806. The third-order valence-electron chi connectivity index (χ3n) is 2.94. The van der Waals surface area contributed by atoms with Gasteiger partial charge >= 0.3 is 0 Å². The molecule has 18 heavy (non-hydrogen) atoms. The smallest absolute Gasteiger partial charge is 0.222 e. The fourth-order valence-electron chi connectivity index (χ4n) is 1.95. The average Bonchev–Trinajstić information content (AvgIpc) is 2.38. The lowest BCUT2D eigenvalue weighted by Crippen LogP contribution is -2.38. The summed E-state index contributed by atoms with van der Waals surface area (Å²) in [6.45, 7) is 5.23. The fourth-order valence-corrected chi connectivity index (χ4v) is 1.95. The highest BCUT2D eigenvalue weighted by molar-refractivity contribution is 5.43. The second kappa shape index (κ2) is 7.10. The average molecular weight is 256 g/mol. The normalized spacial score (nSPS) is 10.9. The molecule has 0 aliphatic rings. The van der Waals surface area contributed by atoms with Gasteiger partial charge in [-0.15, -0.1) is 0 Å². The van der Waals surface area contributed by atoms with Crippen LogP contribution in [0.25, 0.3) is 0 Å². The molecule has 1 rings (SSSR count). The number of ether oxygens (including phenoxy) is 1. The van der Waals surface area contributed by atoms with Crippen LogP contribution in [0.4, 0.5) is 16.2 Å². The lowest BCUT2D eigenvalue weighted by atomic mass is 10.1. The highest BCUT2D eigenvalue weighted by Crippen LogP contribution is 2.21. The molecule has 1 aromatic heterocycles. The second-order valence-corrected chi connectivity index (χ2v) is 4.06. The monoisotopic (exact) mass is 256 g/mol. The van der Waals surface area contributed by atoms with Crippen molar-refractivity contribution >= 4 is 11.8 Å². The van der Waals surface area contributed by atoms with Crippen molar-refractivity contribution in [3.8, 4) is 0 Å². The van der Waals surface area contributed by atoms with E-state index in [9.17, 15) is 4.39 Å². The summed E-state index contributed by atoms with van der Waals surface area (Å²) in [6.07, 6.45) is 2.92. The Morgan fingerprint density at radius 1 is 1.44 bits per heavy atom. The first-order chi connectivity index (χ1) is 8.63. The van der Waals surface area contributed by atoms with E-state index in [1.165, 1.54) is 0 Å². The van der Waals surface area contributed by atoms with E-state index in [0.29, 0.717) is 13.2 Å². The lowest BCUT2D eigenvalue weighted by Gasteiger charge is -2.31. The minimum atomic E-state index is -0.452. The third-order valence-corrected chi connectivity index (χ3v) is 2.94. The van der Waals surface area contributed by atoms with Crippen molar-refractivity contribution in [3.05, 3.63) is 12.0 Å². The first-order valence-corrected chi connectivity index (χ1v) is 6.17. The molecule has 1 heterocycles. The van der Waals surface area contributed by atoms with E-state index in [1.54, 1.807) is 7.11 Å². The zero-order chi connectivity index (χ0) is 13.5. The minimum absolute atomic E-state index is 0.0831. The summed E-state index contributed by atoms with van der Waals surface area (Å²) in [5, 5.41) is 0. The number of rotatable bonds is 7. The van der Waals surface area contributed by atoms with Gasteiger partial charge in [0.15, 0.2) is 11.6 Å². The van der Waals surface area contributed by atoms with Gasteiger partial charge in [-0.05, 0) is 12.8 Å². The summed E-state index contributed by atoms with van der Waals surface area (Å²) in [4.78, 5) is 9.55. The van der Waals surface area contributed by atoms with Gasteiger partial charge in [-0.3, -0.25) is 0 Å². The van der Waals surface area contributed by atoms with Crippen molar-refractivity contribution in [2.75, 3.05) is 30.9 Å². The molecule has 2 N–H and O–H groups in total. The SMILES string of the molecule is CCC(CC)N(CCOC)c1nc(N)ncc1F. The molecule has 0 fully saturated rings. The highest BCUT2D eigenvalue weighted by atomic mass is 19.1. The lowest BCUT2D eigenvalue weighted by molar-refractivity contribution is 0.202. The predicted molar refractivity (Wildman–Crippen MR) is 70.0 cm³/mol. The molecule has 102 valence electrons. The van der Waals surface area contributed by atoms with E-state index < -0.39 is 5.82 Å². The number of hydrogen-bond donors (Lipinski definition) is 1. The second-order valence-electron chi connectivity index (χ2n) is 4.06. The molecule has 0 unspecified atom stereocenters. The Balaban J connectivity index is 3.03. The van der Waals surface area contributed by atoms with Gasteiger partial charge in [-0.2, -0.15) is 4.98 Å². The molecule has 0 aliphatic heterocycles. The molecule has 0 radical (unpaired) electrons. The van der Waals surface area contributed by atoms with Gasteiger partial charge in [0.1, 0.15) is 0 Å². The number of methoxy groups -OCH3 is 1. The summed E-state index contributed by atoms with van der Waals surface area (Å²) in [5.41, 5.74) is 5.53. The van der Waals surface area contributed by atoms with E-state index >= 15 is 0 Å². The molecule has 0 aromatic carbocycles. The summed E-state index contributed by atoms with van der Waals surface area (Å²) in [5.74, 6) is -0.111. The number of nitrogens with zero attached hydrogens (tertiary/aromatic N) is 3. The molecular formula is C12H21FN4O. The van der Waals surface area contributed by atoms with Crippen LogP contribution in [0.1, 0.15) is 26.7 Å². The maximum atomic E-state index is 13.8. The van der Waals surface area contributed by atoms with Gasteiger partial charge in [-0.1, -0.05) is 13.8 Å².